The fourth-order valence-electron chi connectivity index (χ4n) is 3.57. The second-order valence-electron chi connectivity index (χ2n) is 6.56. The minimum absolute atomic E-state index is 0.0811. The van der Waals surface area contributed by atoms with Gasteiger partial charge in [0.15, 0.2) is 17.3 Å². The maximum Gasteiger partial charge on any atom is 0.357 e. The summed E-state index contributed by atoms with van der Waals surface area (Å²) in [7, 11) is 1.11. The number of phenolic OH excluding ortho intramolecular Hbond substituents is 1. The van der Waals surface area contributed by atoms with E-state index < -0.39 is 28.3 Å². The Morgan fingerprint density at radius 3 is 2.26 bits per heavy atom. The number of carbonyl (C=O) groups is 3. The molecule has 0 fully saturated rings. The first-order chi connectivity index (χ1) is 14.7. The number of nitrogens with two attached hydrogens (primary N) is 1. The molecule has 1 aliphatic rings. The van der Waals surface area contributed by atoms with Gasteiger partial charge in [-0.1, -0.05) is 47.5 Å². The molecular formula is C21H11Cl2N3O5. The number of benzene rings is 2. The molecule has 0 unspecified atom stereocenters. The van der Waals surface area contributed by atoms with Crippen molar-refractivity contribution in [3.8, 4) is 17.5 Å². The molecule has 3 aromatic rings. The summed E-state index contributed by atoms with van der Waals surface area (Å²) >= 11 is 12.6. The minimum Gasteiger partial charge on any atom is -0.506 e. The molecule has 154 valence electrons. The summed E-state index contributed by atoms with van der Waals surface area (Å²) in [5.74, 6) is -2.86. The molecule has 8 nitrogen and oxygen atoms in total. The van der Waals surface area contributed by atoms with Gasteiger partial charge in [-0.05, 0) is 0 Å². The van der Waals surface area contributed by atoms with Crippen LogP contribution >= 0.6 is 23.2 Å². The van der Waals surface area contributed by atoms with Crippen LogP contribution < -0.4 is 5.73 Å². The highest BCUT2D eigenvalue weighted by atomic mass is 35.5. The van der Waals surface area contributed by atoms with Gasteiger partial charge in [-0.2, -0.15) is 5.26 Å². The highest BCUT2D eigenvalue weighted by Gasteiger charge is 2.38. The van der Waals surface area contributed by atoms with Crippen molar-refractivity contribution < 1.29 is 24.2 Å². The number of anilines is 1. The van der Waals surface area contributed by atoms with Crippen molar-refractivity contribution in [2.75, 3.05) is 12.8 Å². The highest BCUT2D eigenvalue weighted by molar-refractivity contribution is 6.46. The molecule has 1 aromatic heterocycles. The van der Waals surface area contributed by atoms with Gasteiger partial charge in [0, 0.05) is 17.3 Å². The Morgan fingerprint density at radius 1 is 1.13 bits per heavy atom. The van der Waals surface area contributed by atoms with Crippen LogP contribution in [0.5, 0.6) is 5.75 Å². The maximum absolute atomic E-state index is 13.4. The molecule has 10 heteroatoms. The fraction of sp³-hybridized carbons (Fsp3) is 0.0476. The summed E-state index contributed by atoms with van der Waals surface area (Å²) in [4.78, 5) is 38.9. The minimum atomic E-state index is -0.914. The smallest absolute Gasteiger partial charge is 0.357 e. The first-order valence-corrected chi connectivity index (χ1v) is 9.42. The van der Waals surface area contributed by atoms with Gasteiger partial charge in [-0.3, -0.25) is 9.59 Å². The normalized spacial score (nSPS) is 12.2. The lowest BCUT2D eigenvalue weighted by molar-refractivity contribution is 0.0592. The number of fused-ring (bicyclic) bond motifs is 2. The molecule has 3 N–H and O–H groups in total. The number of aromatic nitrogens is 1. The van der Waals surface area contributed by atoms with Gasteiger partial charge in [-0.25, -0.2) is 4.79 Å². The largest absolute Gasteiger partial charge is 0.506 e. The van der Waals surface area contributed by atoms with E-state index in [1.165, 1.54) is 18.3 Å². The van der Waals surface area contributed by atoms with E-state index in [2.05, 4.69) is 0 Å². The van der Waals surface area contributed by atoms with E-state index in [9.17, 15) is 24.8 Å². The van der Waals surface area contributed by atoms with Crippen LogP contribution in [0.25, 0.3) is 5.69 Å². The summed E-state index contributed by atoms with van der Waals surface area (Å²) in [6, 6.07) is 7.88. The fourth-order valence-corrected chi connectivity index (χ4v) is 4.03. The first kappa shape index (κ1) is 20.5. The van der Waals surface area contributed by atoms with E-state index in [1.54, 1.807) is 12.1 Å². The van der Waals surface area contributed by atoms with Crippen molar-refractivity contribution in [3.05, 3.63) is 74.0 Å². The molecule has 0 saturated carbocycles. The number of esters is 1. The summed E-state index contributed by atoms with van der Waals surface area (Å²) in [6.07, 6.45) is 1.18. The number of methoxy groups -OCH3 is 1. The molecule has 1 heterocycles. The van der Waals surface area contributed by atoms with Gasteiger partial charge in [0.05, 0.1) is 40.2 Å². The van der Waals surface area contributed by atoms with Crippen LogP contribution in [0.2, 0.25) is 10.0 Å². The van der Waals surface area contributed by atoms with Crippen molar-refractivity contribution >= 4 is 46.4 Å². The molecule has 0 bridgehead atoms. The predicted molar refractivity (Wildman–Crippen MR) is 111 cm³/mol. The molecule has 0 atom stereocenters. The lowest BCUT2D eigenvalue weighted by Gasteiger charge is -2.24. The average Bonchev–Trinajstić information content (AvgIpc) is 3.10. The number of carbonyl (C=O) groups excluding carboxylic acids is 3. The quantitative estimate of drug-likeness (QED) is 0.441. The van der Waals surface area contributed by atoms with E-state index in [1.807, 2.05) is 6.07 Å². The molecule has 0 amide bonds. The lowest BCUT2D eigenvalue weighted by atomic mass is 9.82. The van der Waals surface area contributed by atoms with Crippen LogP contribution in [0.3, 0.4) is 0 Å². The van der Waals surface area contributed by atoms with Gasteiger partial charge in [0.2, 0.25) is 0 Å². The second kappa shape index (κ2) is 7.16. The number of hydrogen-bond donors (Lipinski definition) is 2. The van der Waals surface area contributed by atoms with E-state index in [0.29, 0.717) is 0 Å². The number of ether oxygens (including phenoxy) is 1. The van der Waals surface area contributed by atoms with Gasteiger partial charge < -0.3 is 20.1 Å². The molecule has 1 aliphatic carbocycles. The third-order valence-electron chi connectivity index (χ3n) is 4.99. The summed E-state index contributed by atoms with van der Waals surface area (Å²) < 4.78 is 5.83. The first-order valence-electron chi connectivity index (χ1n) is 8.66. The number of hydrogen-bond acceptors (Lipinski definition) is 7. The Bertz CT molecular complexity index is 1380. The van der Waals surface area contributed by atoms with E-state index in [4.69, 9.17) is 33.7 Å². The highest BCUT2D eigenvalue weighted by Crippen LogP contribution is 2.46. The van der Waals surface area contributed by atoms with Crippen LogP contribution in [0.4, 0.5) is 5.69 Å². The number of nitrogens with zero attached hydrogens (tertiary/aromatic N) is 2. The average molecular weight is 456 g/mol. The molecule has 2 aromatic carbocycles. The summed E-state index contributed by atoms with van der Waals surface area (Å²) in [5.41, 5.74) is 4.69. The zero-order valence-electron chi connectivity index (χ0n) is 15.7. The Morgan fingerprint density at radius 2 is 1.71 bits per heavy atom. The van der Waals surface area contributed by atoms with Crippen LogP contribution in [0, 0.1) is 11.3 Å². The van der Waals surface area contributed by atoms with Crippen molar-refractivity contribution in [2.24, 2.45) is 0 Å². The molecule has 0 radical (unpaired) electrons. The standard InChI is InChI=1S/C21H11Cl2N3O5/c1-31-21(30)17-15(25)8(6-24)7-26(17)16-11-12(20(29)14(23)13(16)22)19(28)10-5-3-2-4-9(10)18(11)27/h2-5,7,29H,25H2,1H3. The SMILES string of the molecule is COC(=O)c1c(N)c(C#N)cn1-c1c(Cl)c(Cl)c(O)c2c1C(=O)c1ccccc1C2=O. The number of rotatable bonds is 2. The van der Waals surface area contributed by atoms with Gasteiger partial charge >= 0.3 is 5.97 Å². The third kappa shape index (κ3) is 2.71. The molecule has 31 heavy (non-hydrogen) atoms. The molecule has 0 spiro atoms. The van der Waals surface area contributed by atoms with Crippen molar-refractivity contribution in [3.63, 3.8) is 0 Å². The molecule has 0 aliphatic heterocycles. The van der Waals surface area contributed by atoms with Crippen molar-refractivity contribution in [1.29, 1.82) is 5.26 Å². The van der Waals surface area contributed by atoms with Crippen LogP contribution in [-0.4, -0.2) is 34.3 Å². The molecule has 4 rings (SSSR count). The monoisotopic (exact) mass is 455 g/mol. The topological polar surface area (TPSA) is 135 Å². The molecular weight excluding hydrogens is 445 g/mol. The van der Waals surface area contributed by atoms with Crippen molar-refractivity contribution in [1.82, 2.24) is 4.57 Å². The number of phenols is 1. The number of ketones is 2. The Hall–Kier alpha value is -3.80. The number of aromatic hydroxyl groups is 1. The van der Waals surface area contributed by atoms with Gasteiger partial charge in [0.1, 0.15) is 16.8 Å². The zero-order chi connectivity index (χ0) is 22.6. The number of nitrogen functional groups attached to an aromatic ring is 1. The Balaban J connectivity index is 2.19. The van der Waals surface area contributed by atoms with E-state index >= 15 is 0 Å². The second-order valence-corrected chi connectivity index (χ2v) is 7.31. The lowest BCUT2D eigenvalue weighted by Crippen LogP contribution is -2.24. The Kier molecular flexibility index (Phi) is 4.73. The van der Waals surface area contributed by atoms with E-state index in [-0.39, 0.29) is 49.9 Å². The maximum atomic E-state index is 13.4. The van der Waals surface area contributed by atoms with Gasteiger partial charge in [-0.15, -0.1) is 0 Å². The number of halogens is 2. The summed E-state index contributed by atoms with van der Waals surface area (Å²) in [5, 5.41) is 19.2. The number of nitriles is 1. The zero-order valence-corrected chi connectivity index (χ0v) is 17.2. The van der Waals surface area contributed by atoms with Crippen molar-refractivity contribution in [2.45, 2.75) is 0 Å². The van der Waals surface area contributed by atoms with Crippen LogP contribution in [0.1, 0.15) is 47.9 Å². The van der Waals surface area contributed by atoms with Crippen LogP contribution in [-0.2, 0) is 4.74 Å². The Labute approximate surface area is 185 Å². The third-order valence-corrected chi connectivity index (χ3v) is 5.82. The predicted octanol–water partition coefficient (Wildman–Crippen LogP) is 3.51. The molecule has 0 saturated heterocycles. The summed E-state index contributed by atoms with van der Waals surface area (Å²) in [6.45, 7) is 0. The van der Waals surface area contributed by atoms with Crippen LogP contribution in [0.15, 0.2) is 30.5 Å². The van der Waals surface area contributed by atoms with Gasteiger partial charge in [0.25, 0.3) is 0 Å². The van der Waals surface area contributed by atoms with E-state index in [0.717, 1.165) is 11.7 Å².